The van der Waals surface area contributed by atoms with Crippen LogP contribution in [0.2, 0.25) is 0 Å². The van der Waals surface area contributed by atoms with Crippen LogP contribution < -0.4 is 5.73 Å². The van der Waals surface area contributed by atoms with E-state index in [-0.39, 0.29) is 13.0 Å². The highest BCUT2D eigenvalue weighted by molar-refractivity contribution is 7.47. The molecule has 0 bridgehead atoms. The third-order valence-corrected chi connectivity index (χ3v) is 12.8. The number of allylic oxidation sites excluding steroid dienone is 10. The normalized spacial score (nSPS) is 14.1. The van der Waals surface area contributed by atoms with Crippen molar-refractivity contribution in [3.8, 4) is 0 Å². The molecule has 4 N–H and O–H groups in total. The number of carbonyl (C=O) groups excluding carboxylic acids is 1. The summed E-state index contributed by atoms with van der Waals surface area (Å²) in [4.78, 5) is 33.8. The molecule has 0 aromatic carbocycles. The van der Waals surface area contributed by atoms with Gasteiger partial charge in [0.15, 0.2) is 0 Å². The van der Waals surface area contributed by atoms with Gasteiger partial charge in [-0.15, -0.1) is 0 Å². The lowest BCUT2D eigenvalue weighted by atomic mass is 10.0. The smallest absolute Gasteiger partial charge is 0.472 e. The van der Waals surface area contributed by atoms with Crippen LogP contribution in [0.3, 0.4) is 0 Å². The van der Waals surface area contributed by atoms with E-state index in [1.807, 2.05) is 0 Å². The zero-order valence-corrected chi connectivity index (χ0v) is 43.9. The Bertz CT molecular complexity index is 1300. The van der Waals surface area contributed by atoms with E-state index in [4.69, 9.17) is 29.4 Å². The number of carboxylic acid groups (broad SMARTS) is 1. The number of unbranched alkanes of at least 4 members (excludes halogenated alkanes) is 28. The number of carboxylic acids is 1. The maximum absolute atomic E-state index is 12.7. The third kappa shape index (κ3) is 51.4. The summed E-state index contributed by atoms with van der Waals surface area (Å²) in [6.45, 7) is 3.79. The molecule has 67 heavy (non-hydrogen) atoms. The Morgan fingerprint density at radius 3 is 1.30 bits per heavy atom. The van der Waals surface area contributed by atoms with Gasteiger partial charge in [0.05, 0.1) is 19.8 Å². The van der Waals surface area contributed by atoms with Crippen molar-refractivity contribution < 1.29 is 42.7 Å². The molecule has 0 saturated carbocycles. The average Bonchev–Trinajstić information content (AvgIpc) is 3.31. The van der Waals surface area contributed by atoms with Crippen LogP contribution in [0.1, 0.15) is 245 Å². The SMILES string of the molecule is CC/C=C\C/C=C\C/C=C\C/C=C\C/C=C\CCCCCCCCCCOCC(COP(=O)(O)OCC(N)C(=O)O)OC(=O)CCCCCCCCCCCCCCCCCCCCCCC. The number of phosphoric ester groups is 1. The first-order valence-electron chi connectivity index (χ1n) is 27.3. The number of phosphoric acid groups is 1. The van der Waals surface area contributed by atoms with Gasteiger partial charge in [0.1, 0.15) is 12.1 Å². The van der Waals surface area contributed by atoms with E-state index in [0.29, 0.717) is 13.0 Å². The fraction of sp³-hybridized carbons (Fsp3) is 0.786. The van der Waals surface area contributed by atoms with Crippen molar-refractivity contribution in [2.45, 2.75) is 257 Å². The summed E-state index contributed by atoms with van der Waals surface area (Å²) in [6.07, 6.45) is 64.2. The largest absolute Gasteiger partial charge is 0.480 e. The van der Waals surface area contributed by atoms with Crippen LogP contribution >= 0.6 is 7.82 Å². The number of nitrogens with two attached hydrogens (primary N) is 1. The highest BCUT2D eigenvalue weighted by Gasteiger charge is 2.27. The molecular weight excluding hydrogens is 862 g/mol. The van der Waals surface area contributed by atoms with Gasteiger partial charge in [-0.25, -0.2) is 4.57 Å². The maximum Gasteiger partial charge on any atom is 0.472 e. The summed E-state index contributed by atoms with van der Waals surface area (Å²) in [5.41, 5.74) is 5.38. The summed E-state index contributed by atoms with van der Waals surface area (Å²) in [7, 11) is -4.63. The summed E-state index contributed by atoms with van der Waals surface area (Å²) < 4.78 is 33.6. The molecule has 0 aliphatic heterocycles. The topological polar surface area (TPSA) is 155 Å². The van der Waals surface area contributed by atoms with Gasteiger partial charge in [-0.2, -0.15) is 0 Å². The van der Waals surface area contributed by atoms with Crippen molar-refractivity contribution in [1.82, 2.24) is 0 Å². The van der Waals surface area contributed by atoms with Gasteiger partial charge in [-0.05, 0) is 57.8 Å². The number of aliphatic carboxylic acids is 1. The molecule has 11 heteroatoms. The number of carbonyl (C=O) groups is 2. The van der Waals surface area contributed by atoms with Crippen molar-refractivity contribution in [3.63, 3.8) is 0 Å². The molecule has 0 aromatic heterocycles. The predicted octanol–water partition coefficient (Wildman–Crippen LogP) is 16.3. The van der Waals surface area contributed by atoms with E-state index in [1.165, 1.54) is 148 Å². The van der Waals surface area contributed by atoms with Gasteiger partial charge in [-0.3, -0.25) is 18.6 Å². The Hall–Kier alpha value is -2.33. The molecule has 10 nitrogen and oxygen atoms in total. The molecule has 0 spiro atoms. The Morgan fingerprint density at radius 1 is 0.493 bits per heavy atom. The number of rotatable bonds is 52. The molecule has 0 aliphatic carbocycles. The third-order valence-electron chi connectivity index (χ3n) is 11.8. The quantitative estimate of drug-likeness (QED) is 0.0232. The minimum absolute atomic E-state index is 0.0115. The lowest BCUT2D eigenvalue weighted by Crippen LogP contribution is -2.34. The summed E-state index contributed by atoms with van der Waals surface area (Å²) in [5.74, 6) is -1.78. The summed E-state index contributed by atoms with van der Waals surface area (Å²) in [6, 6.07) is -1.48. The fourth-order valence-corrected chi connectivity index (χ4v) is 8.41. The molecule has 0 saturated heterocycles. The number of esters is 1. The summed E-state index contributed by atoms with van der Waals surface area (Å²) >= 11 is 0. The molecule has 0 aromatic rings. The van der Waals surface area contributed by atoms with E-state index in [2.05, 4.69) is 74.6 Å². The van der Waals surface area contributed by atoms with Gasteiger partial charge in [0.2, 0.25) is 0 Å². The van der Waals surface area contributed by atoms with E-state index >= 15 is 0 Å². The molecule has 0 aliphatic rings. The van der Waals surface area contributed by atoms with Crippen molar-refractivity contribution in [2.75, 3.05) is 26.4 Å². The van der Waals surface area contributed by atoms with Crippen LogP contribution in [0.15, 0.2) is 60.8 Å². The van der Waals surface area contributed by atoms with Crippen molar-refractivity contribution in [2.24, 2.45) is 5.73 Å². The maximum atomic E-state index is 12.7. The van der Waals surface area contributed by atoms with Crippen molar-refractivity contribution in [1.29, 1.82) is 0 Å². The van der Waals surface area contributed by atoms with Crippen LogP contribution in [0.5, 0.6) is 0 Å². The van der Waals surface area contributed by atoms with E-state index < -0.39 is 45.1 Å². The first-order chi connectivity index (χ1) is 32.7. The summed E-state index contributed by atoms with van der Waals surface area (Å²) in [5, 5.41) is 8.94. The second-order valence-corrected chi connectivity index (χ2v) is 19.8. The van der Waals surface area contributed by atoms with Crippen LogP contribution in [0.4, 0.5) is 0 Å². The van der Waals surface area contributed by atoms with Crippen LogP contribution in [-0.2, 0) is 32.7 Å². The first kappa shape index (κ1) is 64.7. The predicted molar refractivity (Wildman–Crippen MR) is 281 cm³/mol. The Labute approximate surface area is 411 Å². The van der Waals surface area contributed by atoms with E-state index in [0.717, 1.165) is 70.6 Å². The molecule has 390 valence electrons. The lowest BCUT2D eigenvalue weighted by Gasteiger charge is -2.20. The monoisotopic (exact) mass is 964 g/mol. The van der Waals surface area contributed by atoms with Crippen molar-refractivity contribution in [3.05, 3.63) is 60.8 Å². The van der Waals surface area contributed by atoms with E-state index in [9.17, 15) is 19.0 Å². The Balaban J connectivity index is 4.11. The molecule has 0 heterocycles. The average molecular weight is 964 g/mol. The molecule has 3 unspecified atom stereocenters. The van der Waals surface area contributed by atoms with Gasteiger partial charge in [0, 0.05) is 13.0 Å². The standard InChI is InChI=1S/C56H102NO9P/c1-3-5-7-9-11-13-15-17-19-21-23-25-26-27-29-31-33-35-37-39-41-43-45-47-49-63-50-53(51-64-67(61,62)65-52-54(57)56(59)60)66-55(58)48-46-44-42-40-38-36-34-32-30-28-24-22-20-18-16-14-12-10-8-6-4-2/h5,7,11,13,17,19,23,25,27,29,53-54H,3-4,6,8-10,12,14-16,18,20-22,24,26,28,30-52,57H2,1-2H3,(H,59,60)(H,61,62)/b7-5-,13-11-,19-17-,25-23-,29-27-. The zero-order chi connectivity index (χ0) is 49.0. The van der Waals surface area contributed by atoms with Gasteiger partial charge in [-0.1, -0.05) is 242 Å². The van der Waals surface area contributed by atoms with Gasteiger partial charge < -0.3 is 25.2 Å². The Morgan fingerprint density at radius 2 is 0.866 bits per heavy atom. The minimum atomic E-state index is -4.63. The molecule has 0 fully saturated rings. The van der Waals surface area contributed by atoms with Crippen molar-refractivity contribution >= 4 is 19.8 Å². The molecule has 0 radical (unpaired) electrons. The van der Waals surface area contributed by atoms with Crippen LogP contribution in [0.25, 0.3) is 0 Å². The van der Waals surface area contributed by atoms with Crippen LogP contribution in [0, 0.1) is 0 Å². The molecule has 0 amide bonds. The zero-order valence-electron chi connectivity index (χ0n) is 43.0. The second-order valence-electron chi connectivity index (χ2n) is 18.3. The van der Waals surface area contributed by atoms with Crippen LogP contribution in [-0.4, -0.2) is 60.5 Å². The number of hydrogen-bond donors (Lipinski definition) is 3. The Kier molecular flexibility index (Phi) is 49.7. The van der Waals surface area contributed by atoms with E-state index in [1.54, 1.807) is 0 Å². The van der Waals surface area contributed by atoms with Gasteiger partial charge in [0.25, 0.3) is 0 Å². The number of ether oxygens (including phenoxy) is 2. The molecule has 3 atom stereocenters. The van der Waals surface area contributed by atoms with Gasteiger partial charge >= 0.3 is 19.8 Å². The fourth-order valence-electron chi connectivity index (χ4n) is 7.63. The molecule has 0 rings (SSSR count). The lowest BCUT2D eigenvalue weighted by molar-refractivity contribution is -0.154. The first-order valence-corrected chi connectivity index (χ1v) is 28.8. The highest BCUT2D eigenvalue weighted by Crippen LogP contribution is 2.43. The highest BCUT2D eigenvalue weighted by atomic mass is 31.2. The second kappa shape index (κ2) is 51.5. The molecular formula is C56H102NO9P. The minimum Gasteiger partial charge on any atom is -0.480 e. The number of hydrogen-bond acceptors (Lipinski definition) is 8.